The van der Waals surface area contributed by atoms with Gasteiger partial charge in [0.15, 0.2) is 0 Å². The van der Waals surface area contributed by atoms with E-state index in [0.717, 1.165) is 26.3 Å². The van der Waals surface area contributed by atoms with Crippen molar-refractivity contribution in [3.8, 4) is 0 Å². The van der Waals surface area contributed by atoms with Gasteiger partial charge in [-0.05, 0) is 6.92 Å². The highest BCUT2D eigenvalue weighted by molar-refractivity contribution is 7.09. The van der Waals surface area contributed by atoms with E-state index < -0.39 is 0 Å². The molecule has 0 aliphatic carbocycles. The minimum atomic E-state index is 0.166. The summed E-state index contributed by atoms with van der Waals surface area (Å²) in [5.74, 6) is 0. The zero-order valence-electron chi connectivity index (χ0n) is 11.2. The lowest BCUT2D eigenvalue weighted by molar-refractivity contribution is -0.00486. The van der Waals surface area contributed by atoms with Gasteiger partial charge in [0, 0.05) is 29.9 Å². The molecule has 1 aromatic heterocycles. The fraction of sp³-hybridized carbons (Fsp3) is 0.769. The van der Waals surface area contributed by atoms with Crippen LogP contribution in [0.3, 0.4) is 0 Å². The van der Waals surface area contributed by atoms with Crippen LogP contribution in [0.1, 0.15) is 38.4 Å². The maximum atomic E-state index is 5.45. The molecule has 0 spiro atoms. The molecule has 0 N–H and O–H groups in total. The van der Waals surface area contributed by atoms with Gasteiger partial charge in [0.25, 0.3) is 0 Å². The van der Waals surface area contributed by atoms with Crippen LogP contribution in [0.4, 0.5) is 0 Å². The third kappa shape index (κ3) is 3.27. The molecule has 1 aliphatic rings. The third-order valence-electron chi connectivity index (χ3n) is 3.06. The first-order valence-corrected chi connectivity index (χ1v) is 7.11. The van der Waals surface area contributed by atoms with Crippen LogP contribution in [0, 0.1) is 0 Å². The first-order valence-electron chi connectivity index (χ1n) is 6.23. The molecule has 1 aliphatic heterocycles. The number of hydrogen-bond donors (Lipinski definition) is 0. The number of aromatic nitrogens is 1. The molecule has 4 heteroatoms. The van der Waals surface area contributed by atoms with Gasteiger partial charge in [-0.3, -0.25) is 4.90 Å². The number of hydrogen-bond acceptors (Lipinski definition) is 4. The van der Waals surface area contributed by atoms with Gasteiger partial charge in [-0.15, -0.1) is 11.3 Å². The summed E-state index contributed by atoms with van der Waals surface area (Å²) in [5, 5.41) is 3.43. The average Bonchev–Trinajstić information content (AvgIpc) is 2.69. The van der Waals surface area contributed by atoms with Crippen LogP contribution < -0.4 is 0 Å². The Bertz CT molecular complexity index is 370. The predicted molar refractivity (Wildman–Crippen MR) is 71.5 cm³/mol. The van der Waals surface area contributed by atoms with Crippen LogP contribution in [0.15, 0.2) is 5.38 Å². The summed E-state index contributed by atoms with van der Waals surface area (Å²) in [4.78, 5) is 7.20. The van der Waals surface area contributed by atoms with E-state index in [9.17, 15) is 0 Å². The van der Waals surface area contributed by atoms with Crippen LogP contribution >= 0.6 is 11.3 Å². The summed E-state index contributed by atoms with van der Waals surface area (Å²) in [5.41, 5.74) is 1.37. The molecule has 17 heavy (non-hydrogen) atoms. The molecule has 96 valence electrons. The molecule has 0 aromatic carbocycles. The Kier molecular flexibility index (Phi) is 3.85. The normalized spacial score (nSPS) is 22.9. The van der Waals surface area contributed by atoms with E-state index in [1.165, 1.54) is 10.7 Å². The first-order chi connectivity index (χ1) is 7.97. The average molecular weight is 254 g/mol. The second kappa shape index (κ2) is 5.04. The van der Waals surface area contributed by atoms with Gasteiger partial charge < -0.3 is 4.74 Å². The summed E-state index contributed by atoms with van der Waals surface area (Å²) >= 11 is 1.78. The molecular weight excluding hydrogens is 232 g/mol. The van der Waals surface area contributed by atoms with E-state index in [0.29, 0.717) is 6.04 Å². The second-order valence-electron chi connectivity index (χ2n) is 5.79. The second-order valence-corrected chi connectivity index (χ2v) is 6.65. The van der Waals surface area contributed by atoms with Crippen LogP contribution in [0.2, 0.25) is 0 Å². The Morgan fingerprint density at radius 1 is 1.53 bits per heavy atom. The molecule has 0 saturated carbocycles. The molecule has 1 fully saturated rings. The summed E-state index contributed by atoms with van der Waals surface area (Å²) in [6, 6.07) is 0.503. The Hall–Kier alpha value is -0.450. The fourth-order valence-electron chi connectivity index (χ4n) is 1.93. The number of thiazole rings is 1. The van der Waals surface area contributed by atoms with Gasteiger partial charge in [-0.2, -0.15) is 0 Å². The summed E-state index contributed by atoms with van der Waals surface area (Å²) in [7, 11) is 0. The van der Waals surface area contributed by atoms with Crippen molar-refractivity contribution in [1.29, 1.82) is 0 Å². The zero-order valence-corrected chi connectivity index (χ0v) is 12.0. The lowest BCUT2D eigenvalue weighted by atomic mass is 9.98. The summed E-state index contributed by atoms with van der Waals surface area (Å²) in [6.45, 7) is 12.5. The molecule has 3 nitrogen and oxygen atoms in total. The van der Waals surface area contributed by atoms with Gasteiger partial charge in [-0.1, -0.05) is 20.8 Å². The van der Waals surface area contributed by atoms with Crippen molar-refractivity contribution in [1.82, 2.24) is 9.88 Å². The monoisotopic (exact) mass is 254 g/mol. The van der Waals surface area contributed by atoms with Crippen molar-refractivity contribution in [2.24, 2.45) is 0 Å². The lowest BCUT2D eigenvalue weighted by Gasteiger charge is -2.32. The first kappa shape index (κ1) is 13.0. The zero-order chi connectivity index (χ0) is 12.5. The van der Waals surface area contributed by atoms with E-state index in [-0.39, 0.29) is 5.41 Å². The van der Waals surface area contributed by atoms with Gasteiger partial charge >= 0.3 is 0 Å². The van der Waals surface area contributed by atoms with E-state index in [2.05, 4.69) is 38.0 Å². The SMILES string of the molecule is C[C@H]1COCCN1Cc1csc(C(C)(C)C)n1. The Labute approximate surface area is 108 Å². The van der Waals surface area contributed by atoms with E-state index >= 15 is 0 Å². The quantitative estimate of drug-likeness (QED) is 0.811. The van der Waals surface area contributed by atoms with Gasteiger partial charge in [0.1, 0.15) is 0 Å². The Balaban J connectivity index is 2.01. The van der Waals surface area contributed by atoms with Crippen molar-refractivity contribution >= 4 is 11.3 Å². The number of ether oxygens (including phenoxy) is 1. The molecule has 0 unspecified atom stereocenters. The van der Waals surface area contributed by atoms with Crippen LogP contribution in [-0.4, -0.2) is 35.7 Å². The minimum absolute atomic E-state index is 0.166. The van der Waals surface area contributed by atoms with E-state index in [1.807, 2.05) is 0 Å². The summed E-state index contributed by atoms with van der Waals surface area (Å²) < 4.78 is 5.45. The van der Waals surface area contributed by atoms with Gasteiger partial charge in [0.05, 0.1) is 23.9 Å². The summed E-state index contributed by atoms with van der Waals surface area (Å²) in [6.07, 6.45) is 0. The van der Waals surface area contributed by atoms with E-state index in [1.54, 1.807) is 11.3 Å². The van der Waals surface area contributed by atoms with Crippen LogP contribution in [-0.2, 0) is 16.7 Å². The topological polar surface area (TPSA) is 25.4 Å². The maximum Gasteiger partial charge on any atom is 0.0982 e. The molecule has 1 saturated heterocycles. The van der Waals surface area contributed by atoms with E-state index in [4.69, 9.17) is 9.72 Å². The molecule has 0 bridgehead atoms. The number of nitrogens with zero attached hydrogens (tertiary/aromatic N) is 2. The molecular formula is C13H22N2OS. The highest BCUT2D eigenvalue weighted by atomic mass is 32.1. The number of rotatable bonds is 2. The molecule has 1 atom stereocenters. The van der Waals surface area contributed by atoms with Gasteiger partial charge in [0.2, 0.25) is 0 Å². The Morgan fingerprint density at radius 2 is 2.29 bits per heavy atom. The van der Waals surface area contributed by atoms with Crippen molar-refractivity contribution in [2.75, 3.05) is 19.8 Å². The highest BCUT2D eigenvalue weighted by Gasteiger charge is 2.22. The van der Waals surface area contributed by atoms with Crippen molar-refractivity contribution in [3.05, 3.63) is 16.1 Å². The fourth-order valence-corrected chi connectivity index (χ4v) is 2.83. The molecule has 0 amide bonds. The standard InChI is InChI=1S/C13H22N2OS/c1-10-8-16-6-5-15(10)7-11-9-17-12(14-11)13(2,3)4/h9-10H,5-8H2,1-4H3/t10-/m0/s1. The van der Waals surface area contributed by atoms with Crippen molar-refractivity contribution in [3.63, 3.8) is 0 Å². The maximum absolute atomic E-state index is 5.45. The number of morpholine rings is 1. The highest BCUT2D eigenvalue weighted by Crippen LogP contribution is 2.26. The van der Waals surface area contributed by atoms with Crippen LogP contribution in [0.5, 0.6) is 0 Å². The third-order valence-corrected chi connectivity index (χ3v) is 4.38. The minimum Gasteiger partial charge on any atom is -0.379 e. The lowest BCUT2D eigenvalue weighted by Crippen LogP contribution is -2.43. The van der Waals surface area contributed by atoms with Crippen LogP contribution in [0.25, 0.3) is 0 Å². The largest absolute Gasteiger partial charge is 0.379 e. The van der Waals surface area contributed by atoms with Gasteiger partial charge in [-0.25, -0.2) is 4.98 Å². The smallest absolute Gasteiger partial charge is 0.0982 e. The van der Waals surface area contributed by atoms with Crippen molar-refractivity contribution < 1.29 is 4.74 Å². The predicted octanol–water partition coefficient (Wildman–Crippen LogP) is 2.66. The molecule has 1 aromatic rings. The molecule has 2 heterocycles. The Morgan fingerprint density at radius 3 is 2.88 bits per heavy atom. The molecule has 2 rings (SSSR count). The molecule has 0 radical (unpaired) electrons. The van der Waals surface area contributed by atoms with Crippen molar-refractivity contribution in [2.45, 2.75) is 45.7 Å².